The van der Waals surface area contributed by atoms with E-state index in [1.165, 1.54) is 12.1 Å². The van der Waals surface area contributed by atoms with Gasteiger partial charge in [-0.1, -0.05) is 0 Å². The van der Waals surface area contributed by atoms with Crippen molar-refractivity contribution in [2.75, 3.05) is 6.54 Å². The summed E-state index contributed by atoms with van der Waals surface area (Å²) in [6, 6.07) is 3.45. The van der Waals surface area contributed by atoms with Crippen LogP contribution in [0.4, 0.5) is 4.39 Å². The van der Waals surface area contributed by atoms with Crippen molar-refractivity contribution in [3.63, 3.8) is 0 Å². The summed E-state index contributed by atoms with van der Waals surface area (Å²) in [5.74, 6) is -0.624. The largest absolute Gasteiger partial charge is 0.389 e. The molecule has 1 aromatic rings. The van der Waals surface area contributed by atoms with Crippen LogP contribution in [0.2, 0.25) is 0 Å². The van der Waals surface area contributed by atoms with Crippen LogP contribution in [0, 0.1) is 5.82 Å². The van der Waals surface area contributed by atoms with Crippen LogP contribution in [-0.4, -0.2) is 25.7 Å². The SMILES string of the molecule is O=S(=O)(NCC1(O)CCC1)c1cc(F)ccc1Br. The van der Waals surface area contributed by atoms with Gasteiger partial charge in [-0.15, -0.1) is 0 Å². The zero-order valence-electron chi connectivity index (χ0n) is 9.49. The lowest BCUT2D eigenvalue weighted by Gasteiger charge is -2.36. The van der Waals surface area contributed by atoms with Crippen LogP contribution >= 0.6 is 15.9 Å². The van der Waals surface area contributed by atoms with Gasteiger partial charge in [0, 0.05) is 11.0 Å². The quantitative estimate of drug-likeness (QED) is 0.880. The van der Waals surface area contributed by atoms with E-state index in [0.29, 0.717) is 12.8 Å². The summed E-state index contributed by atoms with van der Waals surface area (Å²) in [6.45, 7) is -0.0434. The van der Waals surface area contributed by atoms with Gasteiger partial charge in [-0.05, 0) is 53.4 Å². The highest BCUT2D eigenvalue weighted by Crippen LogP contribution is 2.31. The zero-order valence-corrected chi connectivity index (χ0v) is 11.9. The number of hydrogen-bond donors (Lipinski definition) is 2. The molecular weight excluding hydrogens is 325 g/mol. The van der Waals surface area contributed by atoms with Gasteiger partial charge < -0.3 is 5.11 Å². The molecule has 1 saturated carbocycles. The molecule has 1 aromatic carbocycles. The third-order valence-corrected chi connectivity index (χ3v) is 5.45. The van der Waals surface area contributed by atoms with Crippen molar-refractivity contribution in [3.05, 3.63) is 28.5 Å². The van der Waals surface area contributed by atoms with E-state index in [-0.39, 0.29) is 15.9 Å². The molecule has 0 saturated heterocycles. The van der Waals surface area contributed by atoms with E-state index in [0.717, 1.165) is 12.5 Å². The second kappa shape index (κ2) is 4.88. The second-order valence-electron chi connectivity index (χ2n) is 4.48. The average molecular weight is 338 g/mol. The Hall–Kier alpha value is -0.500. The van der Waals surface area contributed by atoms with E-state index in [9.17, 15) is 17.9 Å². The molecule has 0 amide bonds. The van der Waals surface area contributed by atoms with Gasteiger partial charge in [0.25, 0.3) is 0 Å². The highest BCUT2D eigenvalue weighted by atomic mass is 79.9. The van der Waals surface area contributed by atoms with Crippen molar-refractivity contribution in [2.45, 2.75) is 29.8 Å². The molecule has 4 nitrogen and oxygen atoms in total. The molecule has 0 spiro atoms. The lowest BCUT2D eigenvalue weighted by atomic mass is 9.81. The van der Waals surface area contributed by atoms with E-state index in [4.69, 9.17) is 0 Å². The average Bonchev–Trinajstić information content (AvgIpc) is 2.27. The van der Waals surface area contributed by atoms with Gasteiger partial charge in [0.15, 0.2) is 0 Å². The molecule has 2 rings (SSSR count). The Morgan fingerprint density at radius 1 is 1.44 bits per heavy atom. The molecule has 1 aliphatic carbocycles. The topological polar surface area (TPSA) is 66.4 Å². The first-order valence-electron chi connectivity index (χ1n) is 5.50. The Balaban J connectivity index is 2.17. The molecule has 0 unspecified atom stereocenters. The summed E-state index contributed by atoms with van der Waals surface area (Å²) in [4.78, 5) is -0.162. The minimum absolute atomic E-state index is 0.0434. The van der Waals surface area contributed by atoms with Gasteiger partial charge in [-0.25, -0.2) is 17.5 Å². The van der Waals surface area contributed by atoms with Crippen LogP contribution in [0.1, 0.15) is 19.3 Å². The molecule has 18 heavy (non-hydrogen) atoms. The van der Waals surface area contributed by atoms with Crippen LogP contribution in [-0.2, 0) is 10.0 Å². The van der Waals surface area contributed by atoms with Crippen LogP contribution in [0.3, 0.4) is 0 Å². The summed E-state index contributed by atoms with van der Waals surface area (Å²) in [6.07, 6.45) is 2.06. The molecule has 100 valence electrons. The highest BCUT2D eigenvalue weighted by Gasteiger charge is 2.35. The molecule has 0 heterocycles. The van der Waals surface area contributed by atoms with Crippen LogP contribution in [0.5, 0.6) is 0 Å². The van der Waals surface area contributed by atoms with Gasteiger partial charge in [-0.2, -0.15) is 0 Å². The number of nitrogens with one attached hydrogen (secondary N) is 1. The van der Waals surface area contributed by atoms with Crippen molar-refractivity contribution < 1.29 is 17.9 Å². The molecule has 0 radical (unpaired) electrons. The normalized spacial score (nSPS) is 18.4. The molecule has 0 aromatic heterocycles. The maximum absolute atomic E-state index is 13.1. The summed E-state index contributed by atoms with van der Waals surface area (Å²) in [5.41, 5.74) is -0.952. The molecule has 2 N–H and O–H groups in total. The third-order valence-electron chi connectivity index (χ3n) is 3.06. The fourth-order valence-corrected chi connectivity index (χ4v) is 3.84. The van der Waals surface area contributed by atoms with Crippen molar-refractivity contribution in [3.8, 4) is 0 Å². The molecule has 1 fully saturated rings. The zero-order chi connectivity index (χ0) is 13.4. The lowest BCUT2D eigenvalue weighted by Crippen LogP contribution is -2.47. The molecule has 1 aliphatic rings. The monoisotopic (exact) mass is 337 g/mol. The number of hydrogen-bond acceptors (Lipinski definition) is 3. The fourth-order valence-electron chi connectivity index (χ4n) is 1.75. The Kier molecular flexibility index (Phi) is 3.77. The van der Waals surface area contributed by atoms with E-state index in [2.05, 4.69) is 20.7 Å². The standard InChI is InChI=1S/C11H13BrFNO3S/c12-9-3-2-8(13)6-10(9)18(16,17)14-7-11(15)4-1-5-11/h2-3,6,14-15H,1,4-5,7H2. The number of sulfonamides is 1. The van der Waals surface area contributed by atoms with Gasteiger partial charge >= 0.3 is 0 Å². The Labute approximate surface area is 113 Å². The van der Waals surface area contributed by atoms with Crippen LogP contribution in [0.15, 0.2) is 27.6 Å². The van der Waals surface area contributed by atoms with E-state index >= 15 is 0 Å². The minimum Gasteiger partial charge on any atom is -0.389 e. The summed E-state index contributed by atoms with van der Waals surface area (Å²) >= 11 is 3.07. The first-order chi connectivity index (χ1) is 8.32. The van der Waals surface area contributed by atoms with Crippen LogP contribution in [0.25, 0.3) is 0 Å². The van der Waals surface area contributed by atoms with Gasteiger partial charge in [-0.3, -0.25) is 0 Å². The molecular formula is C11H13BrFNO3S. The summed E-state index contributed by atoms with van der Waals surface area (Å²) in [7, 11) is -3.82. The second-order valence-corrected chi connectivity index (χ2v) is 7.07. The number of halogens is 2. The highest BCUT2D eigenvalue weighted by molar-refractivity contribution is 9.10. The van der Waals surface area contributed by atoms with Gasteiger partial charge in [0.05, 0.1) is 10.5 Å². The first kappa shape index (κ1) is 13.9. The maximum atomic E-state index is 13.1. The van der Waals surface area contributed by atoms with Crippen molar-refractivity contribution in [1.29, 1.82) is 0 Å². The smallest absolute Gasteiger partial charge is 0.241 e. The van der Waals surface area contributed by atoms with Crippen molar-refractivity contribution in [2.24, 2.45) is 0 Å². The third kappa shape index (κ3) is 2.90. The number of benzene rings is 1. The van der Waals surface area contributed by atoms with Gasteiger partial charge in [0.1, 0.15) is 5.82 Å². The number of rotatable bonds is 4. The van der Waals surface area contributed by atoms with Crippen molar-refractivity contribution in [1.82, 2.24) is 4.72 Å². The maximum Gasteiger partial charge on any atom is 0.241 e. The first-order valence-corrected chi connectivity index (χ1v) is 7.77. The van der Waals surface area contributed by atoms with E-state index < -0.39 is 21.4 Å². The fraction of sp³-hybridized carbons (Fsp3) is 0.455. The van der Waals surface area contributed by atoms with Crippen LogP contribution < -0.4 is 4.72 Å². The van der Waals surface area contributed by atoms with E-state index in [1.807, 2.05) is 0 Å². The predicted octanol–water partition coefficient (Wildman–Crippen LogP) is 1.78. The Morgan fingerprint density at radius 2 is 2.11 bits per heavy atom. The molecule has 0 bridgehead atoms. The Morgan fingerprint density at radius 3 is 2.67 bits per heavy atom. The molecule has 0 aliphatic heterocycles. The lowest BCUT2D eigenvalue weighted by molar-refractivity contribution is -0.0270. The van der Waals surface area contributed by atoms with E-state index in [1.54, 1.807) is 0 Å². The number of aliphatic hydroxyl groups is 1. The predicted molar refractivity (Wildman–Crippen MR) is 68.1 cm³/mol. The molecule has 0 atom stereocenters. The summed E-state index contributed by atoms with van der Waals surface area (Å²) in [5, 5.41) is 9.83. The summed E-state index contributed by atoms with van der Waals surface area (Å²) < 4.78 is 39.6. The minimum atomic E-state index is -3.82. The Bertz CT molecular complexity index is 557. The van der Waals surface area contributed by atoms with Crippen molar-refractivity contribution >= 4 is 26.0 Å². The molecule has 7 heteroatoms. The van der Waals surface area contributed by atoms with Gasteiger partial charge in [0.2, 0.25) is 10.0 Å².